The molecule has 0 fully saturated rings. The summed E-state index contributed by atoms with van der Waals surface area (Å²) in [5.74, 6) is -0.459. The number of nitrogens with zero attached hydrogens (tertiary/aromatic N) is 1. The Balaban J connectivity index is 1.52. The van der Waals surface area contributed by atoms with E-state index >= 15 is 0 Å². The first kappa shape index (κ1) is 19.8. The number of amides is 2. The van der Waals surface area contributed by atoms with Gasteiger partial charge in [-0.2, -0.15) is 0 Å². The molecular formula is C19H20BrN5O3. The molecule has 2 amide bonds. The molecule has 0 aliphatic carbocycles. The number of aromatic nitrogens is 2. The number of anilines is 2. The van der Waals surface area contributed by atoms with E-state index in [1.54, 1.807) is 30.1 Å². The van der Waals surface area contributed by atoms with Crippen molar-refractivity contribution in [1.82, 2.24) is 14.9 Å². The van der Waals surface area contributed by atoms with E-state index in [1.807, 2.05) is 25.1 Å². The van der Waals surface area contributed by atoms with E-state index < -0.39 is 0 Å². The van der Waals surface area contributed by atoms with E-state index in [0.717, 1.165) is 15.7 Å². The fraction of sp³-hybridized carbons (Fsp3) is 0.211. The summed E-state index contributed by atoms with van der Waals surface area (Å²) < 4.78 is 0.943. The molecule has 0 saturated heterocycles. The average molecular weight is 446 g/mol. The van der Waals surface area contributed by atoms with E-state index in [0.29, 0.717) is 16.7 Å². The highest BCUT2D eigenvalue weighted by Crippen LogP contribution is 2.20. The maximum Gasteiger partial charge on any atom is 0.323 e. The number of likely N-dealkylation sites (N-methyl/N-ethyl adjacent to an activating group) is 1. The molecule has 4 N–H and O–H groups in total. The van der Waals surface area contributed by atoms with Gasteiger partial charge in [0, 0.05) is 15.8 Å². The van der Waals surface area contributed by atoms with Gasteiger partial charge in [0.25, 0.3) is 0 Å². The Bertz CT molecular complexity index is 1090. The number of imidazole rings is 1. The van der Waals surface area contributed by atoms with Gasteiger partial charge in [0.2, 0.25) is 11.8 Å². The van der Waals surface area contributed by atoms with Gasteiger partial charge in [0.05, 0.1) is 24.1 Å². The molecule has 28 heavy (non-hydrogen) atoms. The minimum atomic E-state index is -0.301. The van der Waals surface area contributed by atoms with Crippen molar-refractivity contribution in [3.63, 3.8) is 0 Å². The fourth-order valence-electron chi connectivity index (χ4n) is 2.81. The molecule has 0 aliphatic rings. The molecule has 0 atom stereocenters. The van der Waals surface area contributed by atoms with Crippen molar-refractivity contribution >= 4 is 50.2 Å². The smallest absolute Gasteiger partial charge is 0.323 e. The lowest BCUT2D eigenvalue weighted by Crippen LogP contribution is -2.36. The van der Waals surface area contributed by atoms with Crippen molar-refractivity contribution < 1.29 is 9.59 Å². The Labute approximate surface area is 169 Å². The van der Waals surface area contributed by atoms with E-state index in [-0.39, 0.29) is 30.6 Å². The standard InChI is InChI=1S/C19H20BrN5O3/c1-11-7-12(20)3-5-14(11)22-18(27)10-25(2)9-17(26)21-13-4-6-15-16(8-13)24-19(28)23-15/h3-8H,9-10H2,1-2H3,(H,21,26)(H,22,27)(H2,23,24,28). The number of nitrogens with one attached hydrogen (secondary N) is 4. The molecule has 0 unspecified atom stereocenters. The molecule has 3 aromatic rings. The number of aryl methyl sites for hydroxylation is 1. The lowest BCUT2D eigenvalue weighted by Gasteiger charge is -2.16. The van der Waals surface area contributed by atoms with Crippen LogP contribution in [0, 0.1) is 6.92 Å². The summed E-state index contributed by atoms with van der Waals surface area (Å²) in [4.78, 5) is 42.6. The number of benzene rings is 2. The van der Waals surface area contributed by atoms with Gasteiger partial charge in [-0.3, -0.25) is 14.5 Å². The van der Waals surface area contributed by atoms with Gasteiger partial charge < -0.3 is 20.6 Å². The SMILES string of the molecule is Cc1cc(Br)ccc1NC(=O)CN(C)CC(=O)Nc1ccc2[nH]c(=O)[nH]c2c1. The topological polar surface area (TPSA) is 110 Å². The van der Waals surface area contributed by atoms with Crippen LogP contribution in [0.1, 0.15) is 5.56 Å². The van der Waals surface area contributed by atoms with Crippen LogP contribution in [0.2, 0.25) is 0 Å². The van der Waals surface area contributed by atoms with E-state index in [2.05, 4.69) is 36.5 Å². The molecule has 2 aromatic carbocycles. The zero-order valence-corrected chi connectivity index (χ0v) is 17.0. The van der Waals surface area contributed by atoms with Crippen LogP contribution in [0.4, 0.5) is 11.4 Å². The van der Waals surface area contributed by atoms with Gasteiger partial charge >= 0.3 is 5.69 Å². The van der Waals surface area contributed by atoms with Crippen LogP contribution in [-0.2, 0) is 9.59 Å². The quantitative estimate of drug-likeness (QED) is 0.466. The average Bonchev–Trinajstić information content (AvgIpc) is 2.96. The number of carbonyl (C=O) groups is 2. The second-order valence-electron chi connectivity index (χ2n) is 6.57. The largest absolute Gasteiger partial charge is 0.325 e. The number of hydrogen-bond acceptors (Lipinski definition) is 4. The van der Waals surface area contributed by atoms with Gasteiger partial charge in [-0.25, -0.2) is 4.79 Å². The number of H-pyrrole nitrogens is 2. The molecule has 8 nitrogen and oxygen atoms in total. The molecular weight excluding hydrogens is 426 g/mol. The summed E-state index contributed by atoms with van der Waals surface area (Å²) in [5, 5.41) is 5.60. The number of halogens is 1. The second-order valence-corrected chi connectivity index (χ2v) is 7.48. The minimum absolute atomic E-state index is 0.0500. The van der Waals surface area contributed by atoms with Gasteiger partial charge in [-0.05, 0) is 55.9 Å². The maximum absolute atomic E-state index is 12.2. The number of carbonyl (C=O) groups excluding carboxylic acids is 2. The third kappa shape index (κ3) is 5.08. The van der Waals surface area contributed by atoms with E-state index in [9.17, 15) is 14.4 Å². The first-order valence-electron chi connectivity index (χ1n) is 8.56. The minimum Gasteiger partial charge on any atom is -0.325 e. The molecule has 1 heterocycles. The van der Waals surface area contributed by atoms with Gasteiger partial charge in [-0.15, -0.1) is 0 Å². The zero-order chi connectivity index (χ0) is 20.3. The Morgan fingerprint density at radius 1 is 1.00 bits per heavy atom. The highest BCUT2D eigenvalue weighted by molar-refractivity contribution is 9.10. The predicted octanol–water partition coefficient (Wildman–Crippen LogP) is 2.44. The van der Waals surface area contributed by atoms with Crippen LogP contribution in [0.5, 0.6) is 0 Å². The Morgan fingerprint density at radius 2 is 1.68 bits per heavy atom. The van der Waals surface area contributed by atoms with Crippen LogP contribution in [0.15, 0.2) is 45.7 Å². The Morgan fingerprint density at radius 3 is 2.39 bits per heavy atom. The van der Waals surface area contributed by atoms with Crippen molar-refractivity contribution in [1.29, 1.82) is 0 Å². The third-order valence-corrected chi connectivity index (χ3v) is 4.58. The number of hydrogen-bond donors (Lipinski definition) is 4. The summed E-state index contributed by atoms with van der Waals surface area (Å²) in [7, 11) is 1.69. The fourth-order valence-corrected chi connectivity index (χ4v) is 3.29. The summed E-state index contributed by atoms with van der Waals surface area (Å²) in [6, 6.07) is 10.7. The van der Waals surface area contributed by atoms with Gasteiger partial charge in [0.15, 0.2) is 0 Å². The lowest BCUT2D eigenvalue weighted by atomic mass is 10.2. The predicted molar refractivity (Wildman–Crippen MR) is 113 cm³/mol. The summed E-state index contributed by atoms with van der Waals surface area (Å²) in [5.41, 5.74) is 3.22. The molecule has 1 aromatic heterocycles. The van der Waals surface area contributed by atoms with Crippen LogP contribution in [-0.4, -0.2) is 46.8 Å². The summed E-state index contributed by atoms with van der Waals surface area (Å²) in [6.07, 6.45) is 0. The lowest BCUT2D eigenvalue weighted by molar-refractivity contribution is -0.119. The molecule has 0 saturated carbocycles. The first-order chi connectivity index (χ1) is 13.3. The van der Waals surface area contributed by atoms with Crippen LogP contribution in [0.25, 0.3) is 11.0 Å². The molecule has 0 spiro atoms. The monoisotopic (exact) mass is 445 g/mol. The molecule has 146 valence electrons. The normalized spacial score (nSPS) is 11.0. The Kier molecular flexibility index (Phi) is 5.96. The molecule has 0 bridgehead atoms. The van der Waals surface area contributed by atoms with Crippen LogP contribution < -0.4 is 16.3 Å². The third-order valence-electron chi connectivity index (χ3n) is 4.09. The number of rotatable bonds is 6. The molecule has 9 heteroatoms. The zero-order valence-electron chi connectivity index (χ0n) is 15.4. The number of aromatic amines is 2. The maximum atomic E-state index is 12.2. The molecule has 0 radical (unpaired) electrons. The van der Waals surface area contributed by atoms with Gasteiger partial charge in [0.1, 0.15) is 0 Å². The van der Waals surface area contributed by atoms with E-state index in [4.69, 9.17) is 0 Å². The Hall–Kier alpha value is -2.91. The van der Waals surface area contributed by atoms with Crippen molar-refractivity contribution in [2.75, 3.05) is 30.8 Å². The van der Waals surface area contributed by atoms with Crippen molar-refractivity contribution in [2.24, 2.45) is 0 Å². The highest BCUT2D eigenvalue weighted by Gasteiger charge is 2.12. The molecule has 3 rings (SSSR count). The summed E-state index contributed by atoms with van der Waals surface area (Å²) >= 11 is 3.39. The first-order valence-corrected chi connectivity index (χ1v) is 9.36. The van der Waals surface area contributed by atoms with Crippen LogP contribution >= 0.6 is 15.9 Å². The highest BCUT2D eigenvalue weighted by atomic mass is 79.9. The summed E-state index contributed by atoms with van der Waals surface area (Å²) in [6.45, 7) is 2.04. The van der Waals surface area contributed by atoms with Gasteiger partial charge in [-0.1, -0.05) is 15.9 Å². The van der Waals surface area contributed by atoms with Crippen molar-refractivity contribution in [3.05, 3.63) is 56.9 Å². The van der Waals surface area contributed by atoms with Crippen molar-refractivity contribution in [2.45, 2.75) is 6.92 Å². The molecule has 0 aliphatic heterocycles. The van der Waals surface area contributed by atoms with E-state index in [1.165, 1.54) is 0 Å². The van der Waals surface area contributed by atoms with Crippen molar-refractivity contribution in [3.8, 4) is 0 Å². The second kappa shape index (κ2) is 8.41. The number of fused-ring (bicyclic) bond motifs is 1. The van der Waals surface area contributed by atoms with Crippen LogP contribution in [0.3, 0.4) is 0 Å².